The van der Waals surface area contributed by atoms with E-state index < -0.39 is 5.97 Å². The number of carbonyl (C=O) groups is 1. The van der Waals surface area contributed by atoms with Crippen LogP contribution in [-0.4, -0.2) is 41.8 Å². The third kappa shape index (κ3) is 3.25. The average Bonchev–Trinajstić information content (AvgIpc) is 3.09. The fourth-order valence-electron chi connectivity index (χ4n) is 2.99. The maximum Gasteiger partial charge on any atom is 0.313 e. The van der Waals surface area contributed by atoms with Gasteiger partial charge in [0.15, 0.2) is 11.0 Å². The largest absolute Gasteiger partial charge is 0.508 e. The van der Waals surface area contributed by atoms with E-state index in [0.717, 1.165) is 28.2 Å². The van der Waals surface area contributed by atoms with Crippen LogP contribution in [0.5, 0.6) is 11.5 Å². The van der Waals surface area contributed by atoms with E-state index in [4.69, 9.17) is 5.11 Å². The number of phenolic OH excluding ortho intramolecular Hbond substituents is 2. The van der Waals surface area contributed by atoms with Crippen molar-refractivity contribution in [2.75, 3.05) is 5.75 Å². The van der Waals surface area contributed by atoms with Gasteiger partial charge < -0.3 is 15.3 Å². The quantitative estimate of drug-likeness (QED) is 0.444. The average molecular weight is 393 g/mol. The van der Waals surface area contributed by atoms with E-state index in [1.165, 1.54) is 12.1 Å². The molecule has 0 atom stereocenters. The number of aromatic hydroxyl groups is 2. The molecule has 0 aliphatic carbocycles. The highest BCUT2D eigenvalue weighted by atomic mass is 32.2. The molecular weight excluding hydrogens is 378 g/mol. The molecule has 140 valence electrons. The normalized spacial score (nSPS) is 11.0. The van der Waals surface area contributed by atoms with E-state index in [9.17, 15) is 15.0 Å². The van der Waals surface area contributed by atoms with Crippen LogP contribution in [0.15, 0.2) is 65.8 Å². The number of phenols is 2. The van der Waals surface area contributed by atoms with Crippen LogP contribution in [0.3, 0.4) is 0 Å². The van der Waals surface area contributed by atoms with Gasteiger partial charge in [-0.3, -0.25) is 9.36 Å². The van der Waals surface area contributed by atoms with E-state index in [0.29, 0.717) is 16.5 Å². The van der Waals surface area contributed by atoms with Gasteiger partial charge >= 0.3 is 5.97 Å². The third-order valence-corrected chi connectivity index (χ3v) is 5.10. The summed E-state index contributed by atoms with van der Waals surface area (Å²) in [5.74, 6) is -1.01. The van der Waals surface area contributed by atoms with Gasteiger partial charge in [-0.1, -0.05) is 48.2 Å². The predicted octanol–water partition coefficient (Wildman–Crippen LogP) is 3.68. The number of carboxylic acid groups (broad SMARTS) is 1. The molecule has 4 aromatic rings. The van der Waals surface area contributed by atoms with Gasteiger partial charge in [0.2, 0.25) is 0 Å². The molecule has 0 saturated heterocycles. The molecule has 8 heteroatoms. The molecule has 28 heavy (non-hydrogen) atoms. The van der Waals surface area contributed by atoms with Gasteiger partial charge in [-0.15, -0.1) is 10.2 Å². The molecule has 4 rings (SSSR count). The van der Waals surface area contributed by atoms with E-state index in [2.05, 4.69) is 10.2 Å². The number of aliphatic carboxylic acids is 1. The van der Waals surface area contributed by atoms with Crippen molar-refractivity contribution < 1.29 is 20.1 Å². The fourth-order valence-corrected chi connectivity index (χ4v) is 3.66. The molecule has 0 amide bonds. The Kier molecular flexibility index (Phi) is 4.62. The maximum atomic E-state index is 11.1. The summed E-state index contributed by atoms with van der Waals surface area (Å²) < 4.78 is 1.72. The van der Waals surface area contributed by atoms with Crippen molar-refractivity contribution in [3.63, 3.8) is 0 Å². The van der Waals surface area contributed by atoms with Crippen LogP contribution in [0, 0.1) is 0 Å². The van der Waals surface area contributed by atoms with Gasteiger partial charge in [0.1, 0.15) is 11.5 Å². The molecule has 0 fully saturated rings. The summed E-state index contributed by atoms with van der Waals surface area (Å²) in [5, 5.41) is 39.6. The molecule has 0 radical (unpaired) electrons. The van der Waals surface area contributed by atoms with Crippen molar-refractivity contribution in [2.24, 2.45) is 0 Å². The fraction of sp³-hybridized carbons (Fsp3) is 0.0500. The zero-order valence-corrected chi connectivity index (χ0v) is 15.3. The SMILES string of the molecule is O=C(O)CSc1nnc(-c2ccc(O)cc2O)n1-c1cccc2ccccc12. The summed E-state index contributed by atoms with van der Waals surface area (Å²) in [6.45, 7) is 0. The van der Waals surface area contributed by atoms with Crippen LogP contribution in [0.2, 0.25) is 0 Å². The first-order chi connectivity index (χ1) is 13.5. The highest BCUT2D eigenvalue weighted by molar-refractivity contribution is 7.99. The number of fused-ring (bicyclic) bond motifs is 1. The summed E-state index contributed by atoms with van der Waals surface area (Å²) >= 11 is 1.04. The lowest BCUT2D eigenvalue weighted by atomic mass is 10.1. The van der Waals surface area contributed by atoms with Crippen molar-refractivity contribution >= 4 is 28.5 Å². The lowest BCUT2D eigenvalue weighted by Gasteiger charge is -2.13. The Balaban J connectivity index is 1.97. The van der Waals surface area contributed by atoms with Crippen molar-refractivity contribution in [3.8, 4) is 28.6 Å². The zero-order chi connectivity index (χ0) is 19.7. The predicted molar refractivity (Wildman–Crippen MR) is 106 cm³/mol. The van der Waals surface area contributed by atoms with Crippen molar-refractivity contribution in [1.82, 2.24) is 14.8 Å². The number of nitrogens with zero attached hydrogens (tertiary/aromatic N) is 3. The minimum absolute atomic E-state index is 0.0713. The number of rotatable bonds is 5. The molecule has 1 heterocycles. The first-order valence-corrected chi connectivity index (χ1v) is 9.33. The Morgan fingerprint density at radius 2 is 1.79 bits per heavy atom. The second-order valence-electron chi connectivity index (χ2n) is 6.02. The molecule has 0 aliphatic rings. The number of aromatic nitrogens is 3. The molecular formula is C20H15N3O4S. The minimum Gasteiger partial charge on any atom is -0.508 e. The molecule has 0 spiro atoms. The smallest absolute Gasteiger partial charge is 0.313 e. The molecule has 0 bridgehead atoms. The second kappa shape index (κ2) is 7.24. The van der Waals surface area contributed by atoms with Gasteiger partial charge in [0.05, 0.1) is 17.0 Å². The first-order valence-electron chi connectivity index (χ1n) is 8.35. The summed E-state index contributed by atoms with van der Waals surface area (Å²) in [4.78, 5) is 11.1. The van der Waals surface area contributed by atoms with Gasteiger partial charge in [-0.05, 0) is 23.6 Å². The van der Waals surface area contributed by atoms with Gasteiger partial charge in [-0.25, -0.2) is 0 Å². The molecule has 1 aromatic heterocycles. The number of carboxylic acids is 1. The number of thioether (sulfide) groups is 1. The number of hydrogen-bond acceptors (Lipinski definition) is 6. The molecule has 0 unspecified atom stereocenters. The summed E-state index contributed by atoms with van der Waals surface area (Å²) in [7, 11) is 0. The third-order valence-electron chi connectivity index (χ3n) is 4.19. The van der Waals surface area contributed by atoms with Crippen LogP contribution in [0.4, 0.5) is 0 Å². The lowest BCUT2D eigenvalue weighted by Crippen LogP contribution is -2.03. The van der Waals surface area contributed by atoms with Crippen molar-refractivity contribution in [2.45, 2.75) is 5.16 Å². The van der Waals surface area contributed by atoms with E-state index in [1.807, 2.05) is 42.5 Å². The van der Waals surface area contributed by atoms with E-state index >= 15 is 0 Å². The summed E-state index contributed by atoms with van der Waals surface area (Å²) in [6.07, 6.45) is 0. The Bertz CT molecular complexity index is 1180. The number of benzene rings is 3. The zero-order valence-electron chi connectivity index (χ0n) is 14.5. The maximum absolute atomic E-state index is 11.1. The van der Waals surface area contributed by atoms with Crippen LogP contribution in [0.1, 0.15) is 0 Å². The van der Waals surface area contributed by atoms with Crippen LogP contribution < -0.4 is 0 Å². The van der Waals surface area contributed by atoms with Crippen molar-refractivity contribution in [3.05, 3.63) is 60.7 Å². The molecule has 3 N–H and O–H groups in total. The summed E-state index contributed by atoms with van der Waals surface area (Å²) in [6, 6.07) is 17.8. The molecule has 3 aromatic carbocycles. The Labute approximate surface area is 163 Å². The van der Waals surface area contributed by atoms with Gasteiger partial charge in [0, 0.05) is 11.5 Å². The monoisotopic (exact) mass is 393 g/mol. The van der Waals surface area contributed by atoms with E-state index in [-0.39, 0.29) is 17.3 Å². The molecule has 0 saturated carbocycles. The Morgan fingerprint density at radius 3 is 2.57 bits per heavy atom. The number of hydrogen-bond donors (Lipinski definition) is 3. The highest BCUT2D eigenvalue weighted by Crippen LogP contribution is 2.36. The van der Waals surface area contributed by atoms with Crippen LogP contribution >= 0.6 is 11.8 Å². The highest BCUT2D eigenvalue weighted by Gasteiger charge is 2.20. The Hall–Kier alpha value is -3.52. The standard InChI is InChI=1S/C20H15N3O4S/c24-13-8-9-15(17(25)10-13)19-21-22-20(28-11-18(26)27)23(19)16-7-3-5-12-4-1-2-6-14(12)16/h1-10,24-25H,11H2,(H,26,27). The molecule has 7 nitrogen and oxygen atoms in total. The van der Waals surface area contributed by atoms with E-state index in [1.54, 1.807) is 10.6 Å². The van der Waals surface area contributed by atoms with Crippen LogP contribution in [-0.2, 0) is 4.79 Å². The summed E-state index contributed by atoms with van der Waals surface area (Å²) in [5.41, 5.74) is 1.14. The minimum atomic E-state index is -0.966. The Morgan fingerprint density at radius 1 is 1.00 bits per heavy atom. The molecule has 0 aliphatic heterocycles. The first kappa shape index (κ1) is 17.9. The second-order valence-corrected chi connectivity index (χ2v) is 6.97. The van der Waals surface area contributed by atoms with Gasteiger partial charge in [0.25, 0.3) is 0 Å². The van der Waals surface area contributed by atoms with Crippen molar-refractivity contribution in [1.29, 1.82) is 0 Å². The lowest BCUT2D eigenvalue weighted by molar-refractivity contribution is -0.133. The van der Waals surface area contributed by atoms with Gasteiger partial charge in [-0.2, -0.15) is 0 Å². The van der Waals surface area contributed by atoms with Crippen LogP contribution in [0.25, 0.3) is 27.8 Å². The topological polar surface area (TPSA) is 108 Å².